The summed E-state index contributed by atoms with van der Waals surface area (Å²) in [6, 6.07) is 2.31. The number of hydrogen-bond donors (Lipinski definition) is 1. The fourth-order valence-electron chi connectivity index (χ4n) is 0.997. The number of halogens is 3. The van der Waals surface area contributed by atoms with E-state index >= 15 is 0 Å². The van der Waals surface area contributed by atoms with E-state index in [-0.39, 0.29) is 29.2 Å². The lowest BCUT2D eigenvalue weighted by Crippen LogP contribution is -2.05. The van der Waals surface area contributed by atoms with Crippen molar-refractivity contribution >= 4 is 33.8 Å². The molecule has 18 heavy (non-hydrogen) atoms. The van der Waals surface area contributed by atoms with Gasteiger partial charge in [0.05, 0.1) is 16.4 Å². The van der Waals surface area contributed by atoms with Crippen LogP contribution in [-0.4, -0.2) is 18.8 Å². The third-order valence-electron chi connectivity index (χ3n) is 1.92. The first-order valence-corrected chi connectivity index (χ1v) is 5.92. The molecule has 0 heterocycles. The van der Waals surface area contributed by atoms with Crippen LogP contribution in [0.25, 0.3) is 0 Å². The van der Waals surface area contributed by atoms with Crippen LogP contribution >= 0.6 is 15.9 Å². The van der Waals surface area contributed by atoms with Crippen LogP contribution in [0, 0.1) is 11.6 Å². The molecule has 0 saturated carbocycles. The molecule has 0 aliphatic rings. The van der Waals surface area contributed by atoms with E-state index in [1.165, 1.54) is 12.3 Å². The summed E-state index contributed by atoms with van der Waals surface area (Å²) in [4.78, 5) is 10.8. The van der Waals surface area contributed by atoms with Gasteiger partial charge in [0, 0.05) is 6.42 Å². The summed E-state index contributed by atoms with van der Waals surface area (Å²) in [6.45, 7) is 1.69. The van der Waals surface area contributed by atoms with Crippen molar-refractivity contribution in [3.63, 3.8) is 0 Å². The molecular weight excluding hydrogens is 310 g/mol. The first-order valence-electron chi connectivity index (χ1n) is 5.13. The summed E-state index contributed by atoms with van der Waals surface area (Å²) < 4.78 is 30.6. The van der Waals surface area contributed by atoms with Gasteiger partial charge in [-0.2, -0.15) is 5.10 Å². The summed E-state index contributed by atoms with van der Waals surface area (Å²) in [5.41, 5.74) is 2.77. The van der Waals surface area contributed by atoms with Crippen molar-refractivity contribution in [1.29, 1.82) is 0 Å². The Bertz CT molecular complexity index is 467. The minimum absolute atomic E-state index is 0.0149. The third-order valence-corrected chi connectivity index (χ3v) is 2.69. The van der Waals surface area contributed by atoms with Gasteiger partial charge in [-0.1, -0.05) is 6.92 Å². The molecular formula is C11H11BrF2N2O2. The molecule has 0 saturated heterocycles. The highest BCUT2D eigenvalue weighted by Crippen LogP contribution is 2.27. The molecule has 1 rings (SSSR count). The first kappa shape index (κ1) is 14.6. The Hall–Kier alpha value is -1.50. The summed E-state index contributed by atoms with van der Waals surface area (Å²) >= 11 is 2.90. The number of ether oxygens (including phenoxy) is 1. The lowest BCUT2D eigenvalue weighted by atomic mass is 10.3. The molecule has 1 aromatic rings. The van der Waals surface area contributed by atoms with Crippen molar-refractivity contribution in [3.05, 3.63) is 28.2 Å². The highest BCUT2D eigenvalue weighted by molar-refractivity contribution is 9.10. The van der Waals surface area contributed by atoms with Crippen LogP contribution in [0.15, 0.2) is 21.7 Å². The Balaban J connectivity index is 2.51. The molecule has 1 aromatic carbocycles. The van der Waals surface area contributed by atoms with Gasteiger partial charge in [0.2, 0.25) is 0 Å². The summed E-state index contributed by atoms with van der Waals surface area (Å²) in [5, 5.41) is 3.71. The predicted octanol–water partition coefficient (Wildman–Crippen LogP) is 3.08. The van der Waals surface area contributed by atoms with E-state index in [2.05, 4.69) is 26.5 Å². The minimum atomic E-state index is -0.993. The van der Waals surface area contributed by atoms with Crippen molar-refractivity contribution in [3.8, 4) is 0 Å². The minimum Gasteiger partial charge on any atom is -0.460 e. The van der Waals surface area contributed by atoms with Crippen molar-refractivity contribution in [2.24, 2.45) is 5.10 Å². The van der Waals surface area contributed by atoms with Crippen LogP contribution in [0.3, 0.4) is 0 Å². The molecule has 4 nitrogen and oxygen atoms in total. The van der Waals surface area contributed by atoms with Crippen molar-refractivity contribution in [1.82, 2.24) is 0 Å². The van der Waals surface area contributed by atoms with E-state index in [1.807, 2.05) is 0 Å². The highest BCUT2D eigenvalue weighted by atomic mass is 79.9. The average Bonchev–Trinajstić information content (AvgIpc) is 2.37. The average molecular weight is 321 g/mol. The Morgan fingerprint density at radius 2 is 2.28 bits per heavy atom. The number of rotatable bonds is 5. The van der Waals surface area contributed by atoms with E-state index < -0.39 is 11.6 Å². The molecule has 0 radical (unpaired) electrons. The molecule has 0 aliphatic heterocycles. The maximum Gasteiger partial charge on any atom is 0.305 e. The Labute approximate surface area is 111 Å². The summed E-state index contributed by atoms with van der Waals surface area (Å²) in [6.07, 6.45) is 1.59. The zero-order chi connectivity index (χ0) is 13.5. The largest absolute Gasteiger partial charge is 0.460 e. The molecule has 0 bridgehead atoms. The Morgan fingerprint density at radius 1 is 1.56 bits per heavy atom. The van der Waals surface area contributed by atoms with Crippen molar-refractivity contribution < 1.29 is 18.3 Å². The summed E-state index contributed by atoms with van der Waals surface area (Å²) in [7, 11) is 0. The predicted molar refractivity (Wildman–Crippen MR) is 67.4 cm³/mol. The monoisotopic (exact) mass is 320 g/mol. The second-order valence-corrected chi connectivity index (χ2v) is 3.98. The van der Waals surface area contributed by atoms with Gasteiger partial charge in [-0.3, -0.25) is 10.2 Å². The van der Waals surface area contributed by atoms with Crippen LogP contribution in [0.2, 0.25) is 0 Å². The van der Waals surface area contributed by atoms with Gasteiger partial charge in [0.25, 0.3) is 0 Å². The fourth-order valence-corrected chi connectivity index (χ4v) is 1.41. The van der Waals surface area contributed by atoms with Crippen molar-refractivity contribution in [2.75, 3.05) is 12.0 Å². The number of nitrogens with zero attached hydrogens (tertiary/aromatic N) is 1. The van der Waals surface area contributed by atoms with Crippen LogP contribution in [-0.2, 0) is 9.53 Å². The van der Waals surface area contributed by atoms with Crippen LogP contribution in [0.5, 0.6) is 0 Å². The number of nitrogens with one attached hydrogen (secondary N) is 1. The number of benzene rings is 1. The van der Waals surface area contributed by atoms with E-state index in [0.717, 1.165) is 6.07 Å². The number of carbonyl (C=O) groups is 1. The fraction of sp³-hybridized carbons (Fsp3) is 0.273. The molecule has 98 valence electrons. The second-order valence-electron chi connectivity index (χ2n) is 3.18. The number of hydrogen-bond acceptors (Lipinski definition) is 4. The number of carbonyl (C=O) groups excluding carboxylic acids is 1. The second kappa shape index (κ2) is 7.05. The quantitative estimate of drug-likeness (QED) is 0.392. The highest BCUT2D eigenvalue weighted by Gasteiger charge is 2.10. The smallest absolute Gasteiger partial charge is 0.305 e. The van der Waals surface area contributed by atoms with E-state index in [4.69, 9.17) is 4.74 Å². The number of esters is 1. The van der Waals surface area contributed by atoms with Gasteiger partial charge in [-0.25, -0.2) is 8.78 Å². The molecule has 0 amide bonds. The molecule has 1 N–H and O–H groups in total. The third kappa shape index (κ3) is 4.06. The first-order chi connectivity index (χ1) is 8.56. The number of hydrazone groups is 1. The normalized spacial score (nSPS) is 10.7. The zero-order valence-electron chi connectivity index (χ0n) is 9.54. The van der Waals surface area contributed by atoms with Crippen molar-refractivity contribution in [2.45, 2.75) is 13.3 Å². The lowest BCUT2D eigenvalue weighted by Gasteiger charge is -2.04. The molecule has 0 unspecified atom stereocenters. The molecule has 0 atom stereocenters. The van der Waals surface area contributed by atoms with Gasteiger partial charge in [0.15, 0.2) is 11.6 Å². The SMILES string of the molecule is CCC(=O)OC/C=N\Nc1ccc(F)c(F)c1Br. The van der Waals surface area contributed by atoms with Gasteiger partial charge in [-0.15, -0.1) is 0 Å². The van der Waals surface area contributed by atoms with E-state index in [0.29, 0.717) is 0 Å². The lowest BCUT2D eigenvalue weighted by molar-refractivity contribution is -0.141. The standard InChI is InChI=1S/C11H11BrF2N2O2/c1-2-9(17)18-6-5-15-16-8-4-3-7(13)11(14)10(8)12/h3-5,16H,2,6H2,1H3/b15-5-. The van der Waals surface area contributed by atoms with Gasteiger partial charge < -0.3 is 4.74 Å². The van der Waals surface area contributed by atoms with Gasteiger partial charge in [-0.05, 0) is 28.1 Å². The molecule has 0 aliphatic carbocycles. The Kier molecular flexibility index (Phi) is 5.70. The molecule has 0 aromatic heterocycles. The molecule has 0 fully saturated rings. The van der Waals surface area contributed by atoms with Gasteiger partial charge >= 0.3 is 5.97 Å². The van der Waals surface area contributed by atoms with Crippen LogP contribution in [0.1, 0.15) is 13.3 Å². The van der Waals surface area contributed by atoms with E-state index in [1.54, 1.807) is 6.92 Å². The Morgan fingerprint density at radius 3 is 2.94 bits per heavy atom. The topological polar surface area (TPSA) is 50.7 Å². The van der Waals surface area contributed by atoms with Crippen LogP contribution in [0.4, 0.5) is 14.5 Å². The molecule has 7 heteroatoms. The van der Waals surface area contributed by atoms with Gasteiger partial charge in [0.1, 0.15) is 6.61 Å². The zero-order valence-corrected chi connectivity index (χ0v) is 11.1. The maximum absolute atomic E-state index is 13.1. The maximum atomic E-state index is 13.1. The summed E-state index contributed by atoms with van der Waals surface area (Å²) in [5.74, 6) is -2.28. The van der Waals surface area contributed by atoms with E-state index in [9.17, 15) is 13.6 Å². The number of anilines is 1. The van der Waals surface area contributed by atoms with Crippen LogP contribution < -0.4 is 5.43 Å². The molecule has 0 spiro atoms.